The van der Waals surface area contributed by atoms with Gasteiger partial charge >= 0.3 is 0 Å². The fourth-order valence-corrected chi connectivity index (χ4v) is 4.25. The maximum Gasteiger partial charge on any atom is 0.246 e. The lowest BCUT2D eigenvalue weighted by atomic mass is 9.77. The Morgan fingerprint density at radius 3 is 2.70 bits per heavy atom. The minimum Gasteiger partial charge on any atom is -0.491 e. The monoisotopic (exact) mass is 402 g/mol. The number of carbonyl (C=O) groups excluding carboxylic acids is 1. The van der Waals surface area contributed by atoms with Crippen molar-refractivity contribution >= 4 is 5.91 Å². The molecule has 2 aromatic rings. The second-order valence-electron chi connectivity index (χ2n) is 7.45. The number of pyridine rings is 1. The van der Waals surface area contributed by atoms with Crippen molar-refractivity contribution in [2.45, 2.75) is 18.9 Å². The number of aromatic nitrogens is 1. The molecule has 0 aliphatic carbocycles. The van der Waals surface area contributed by atoms with Crippen molar-refractivity contribution in [2.24, 2.45) is 0 Å². The lowest BCUT2D eigenvalue weighted by molar-refractivity contribution is -0.132. The second kappa shape index (κ2) is 7.06. The molecule has 1 saturated heterocycles. The van der Waals surface area contributed by atoms with Crippen LogP contribution in [0.3, 0.4) is 0 Å². The molecule has 0 saturated carbocycles. The Balaban J connectivity index is 1.62. The Labute approximate surface area is 175 Å². The average Bonchev–Trinajstić information content (AvgIpc) is 3.24. The predicted octanol–water partition coefficient (Wildman–Crippen LogP) is 3.54. The Hall–Kier alpha value is -3.54. The smallest absolute Gasteiger partial charge is 0.246 e. The molecule has 152 valence electrons. The van der Waals surface area contributed by atoms with E-state index in [1.54, 1.807) is 11.1 Å². The standard InChI is InChI=1S/C24H22N2O4/c1-3-4-8-19-16(2)24(23(27)26(19)14-17-7-5-6-9-25-17)15-30-20-13-22-21(12-18(20)24)28-10-11-29-22/h3-9,12-13H,2,10-11,14-15H2,1H3/b4-3-,19-8+. The van der Waals surface area contributed by atoms with Crippen LogP contribution in [0.25, 0.3) is 0 Å². The van der Waals surface area contributed by atoms with E-state index in [0.29, 0.717) is 37.0 Å². The van der Waals surface area contributed by atoms with Crippen LogP contribution in [0.15, 0.2) is 72.6 Å². The molecular formula is C24H22N2O4. The first-order chi connectivity index (χ1) is 14.6. The number of benzene rings is 1. The van der Waals surface area contributed by atoms with Crippen LogP contribution in [0.2, 0.25) is 0 Å². The van der Waals surface area contributed by atoms with Gasteiger partial charge in [0.25, 0.3) is 0 Å². The maximum atomic E-state index is 13.9. The first-order valence-corrected chi connectivity index (χ1v) is 9.96. The van der Waals surface area contributed by atoms with E-state index in [0.717, 1.165) is 22.5 Å². The van der Waals surface area contributed by atoms with Crippen molar-refractivity contribution in [1.29, 1.82) is 0 Å². The molecule has 4 heterocycles. The molecule has 5 rings (SSSR count). The SMILES string of the molecule is C=C1/C(=C\C=C/C)N(Cc2ccccn2)C(=O)C12COc1cc3c(cc12)OCCO3. The average molecular weight is 402 g/mol. The van der Waals surface area contributed by atoms with Gasteiger partial charge in [0.1, 0.15) is 31.0 Å². The summed E-state index contributed by atoms with van der Waals surface area (Å²) in [5, 5.41) is 0. The zero-order chi connectivity index (χ0) is 20.7. The van der Waals surface area contributed by atoms with Gasteiger partial charge in [-0.3, -0.25) is 9.78 Å². The molecule has 1 spiro atoms. The van der Waals surface area contributed by atoms with E-state index in [-0.39, 0.29) is 12.5 Å². The highest BCUT2D eigenvalue weighted by atomic mass is 16.6. The van der Waals surface area contributed by atoms with Gasteiger partial charge in [0.2, 0.25) is 5.91 Å². The molecule has 1 fully saturated rings. The largest absolute Gasteiger partial charge is 0.491 e. The highest BCUT2D eigenvalue weighted by Crippen LogP contribution is 2.54. The number of amides is 1. The number of likely N-dealkylation sites (tertiary alicyclic amines) is 1. The summed E-state index contributed by atoms with van der Waals surface area (Å²) < 4.78 is 17.4. The second-order valence-corrected chi connectivity index (χ2v) is 7.45. The molecule has 1 atom stereocenters. The van der Waals surface area contributed by atoms with Crippen LogP contribution in [0, 0.1) is 0 Å². The molecule has 3 aliphatic rings. The first kappa shape index (κ1) is 18.5. The molecule has 6 nitrogen and oxygen atoms in total. The molecule has 30 heavy (non-hydrogen) atoms. The molecule has 1 unspecified atom stereocenters. The molecule has 6 heteroatoms. The summed E-state index contributed by atoms with van der Waals surface area (Å²) in [5.41, 5.74) is 2.10. The Morgan fingerprint density at radius 1 is 1.17 bits per heavy atom. The van der Waals surface area contributed by atoms with Gasteiger partial charge in [-0.15, -0.1) is 0 Å². The van der Waals surface area contributed by atoms with Gasteiger partial charge in [-0.1, -0.05) is 24.8 Å². The summed E-state index contributed by atoms with van der Waals surface area (Å²) in [7, 11) is 0. The summed E-state index contributed by atoms with van der Waals surface area (Å²) in [6, 6.07) is 9.38. The van der Waals surface area contributed by atoms with Crippen LogP contribution in [-0.4, -0.2) is 35.6 Å². The highest BCUT2D eigenvalue weighted by Gasteiger charge is 2.58. The number of rotatable bonds is 3. The highest BCUT2D eigenvalue weighted by molar-refractivity contribution is 6.01. The van der Waals surface area contributed by atoms with Crippen molar-refractivity contribution in [3.8, 4) is 17.2 Å². The Bertz CT molecular complexity index is 1090. The van der Waals surface area contributed by atoms with Crippen molar-refractivity contribution in [1.82, 2.24) is 9.88 Å². The van der Waals surface area contributed by atoms with Crippen molar-refractivity contribution in [3.05, 3.63) is 83.9 Å². The van der Waals surface area contributed by atoms with Gasteiger partial charge in [-0.25, -0.2) is 0 Å². The number of nitrogens with zero attached hydrogens (tertiary/aromatic N) is 2. The van der Waals surface area contributed by atoms with Crippen LogP contribution in [0.4, 0.5) is 0 Å². The van der Waals surface area contributed by atoms with Crippen LogP contribution in [0.5, 0.6) is 17.2 Å². The van der Waals surface area contributed by atoms with Crippen LogP contribution >= 0.6 is 0 Å². The third-order valence-electron chi connectivity index (χ3n) is 5.77. The summed E-state index contributed by atoms with van der Waals surface area (Å²) in [4.78, 5) is 20.0. The number of hydrogen-bond acceptors (Lipinski definition) is 5. The fourth-order valence-electron chi connectivity index (χ4n) is 4.25. The molecular weight excluding hydrogens is 380 g/mol. The zero-order valence-electron chi connectivity index (χ0n) is 16.8. The minimum absolute atomic E-state index is 0.0654. The van der Waals surface area contributed by atoms with Gasteiger partial charge in [0.15, 0.2) is 11.5 Å². The summed E-state index contributed by atoms with van der Waals surface area (Å²) >= 11 is 0. The van der Waals surface area contributed by atoms with E-state index >= 15 is 0 Å². The van der Waals surface area contributed by atoms with E-state index in [4.69, 9.17) is 14.2 Å². The minimum atomic E-state index is -0.979. The predicted molar refractivity (Wildman–Crippen MR) is 111 cm³/mol. The van der Waals surface area contributed by atoms with E-state index in [1.165, 1.54) is 0 Å². The van der Waals surface area contributed by atoms with Gasteiger partial charge in [0, 0.05) is 23.5 Å². The summed E-state index contributed by atoms with van der Waals surface area (Å²) in [6.45, 7) is 7.82. The topological polar surface area (TPSA) is 60.9 Å². The van der Waals surface area contributed by atoms with Crippen LogP contribution < -0.4 is 14.2 Å². The maximum absolute atomic E-state index is 13.9. The number of ether oxygens (including phenoxy) is 3. The third kappa shape index (κ3) is 2.64. The fraction of sp³-hybridized carbons (Fsp3) is 0.250. The Kier molecular flexibility index (Phi) is 4.35. The molecule has 3 aliphatic heterocycles. The molecule has 1 amide bonds. The van der Waals surface area contributed by atoms with Gasteiger partial charge < -0.3 is 19.1 Å². The lowest BCUT2D eigenvalue weighted by Crippen LogP contribution is -2.39. The quantitative estimate of drug-likeness (QED) is 0.786. The van der Waals surface area contributed by atoms with E-state index in [1.807, 2.05) is 55.5 Å². The van der Waals surface area contributed by atoms with Gasteiger partial charge in [0.05, 0.1) is 12.2 Å². The molecule has 0 radical (unpaired) electrons. The number of hydrogen-bond donors (Lipinski definition) is 0. The van der Waals surface area contributed by atoms with Crippen molar-refractivity contribution in [2.75, 3.05) is 19.8 Å². The molecule has 0 bridgehead atoms. The van der Waals surface area contributed by atoms with E-state index in [2.05, 4.69) is 11.6 Å². The zero-order valence-corrected chi connectivity index (χ0v) is 16.8. The normalized spacial score (nSPS) is 23.5. The van der Waals surface area contributed by atoms with Crippen LogP contribution in [0.1, 0.15) is 18.2 Å². The van der Waals surface area contributed by atoms with Crippen molar-refractivity contribution in [3.63, 3.8) is 0 Å². The molecule has 0 N–H and O–H groups in total. The summed E-state index contributed by atoms with van der Waals surface area (Å²) in [6.07, 6.45) is 7.50. The van der Waals surface area contributed by atoms with Gasteiger partial charge in [-0.2, -0.15) is 0 Å². The lowest BCUT2D eigenvalue weighted by Gasteiger charge is -2.23. The van der Waals surface area contributed by atoms with Crippen LogP contribution in [-0.2, 0) is 16.8 Å². The number of carbonyl (C=O) groups is 1. The first-order valence-electron chi connectivity index (χ1n) is 9.96. The van der Waals surface area contributed by atoms with Crippen molar-refractivity contribution < 1.29 is 19.0 Å². The van der Waals surface area contributed by atoms with E-state index < -0.39 is 5.41 Å². The van der Waals surface area contributed by atoms with Gasteiger partial charge in [-0.05, 0) is 36.8 Å². The number of fused-ring (bicyclic) bond motifs is 3. The third-order valence-corrected chi connectivity index (χ3v) is 5.77. The number of allylic oxidation sites excluding steroid dienone is 4. The molecule has 1 aromatic carbocycles. The van der Waals surface area contributed by atoms with E-state index in [9.17, 15) is 4.79 Å². The molecule has 1 aromatic heterocycles. The Morgan fingerprint density at radius 2 is 1.97 bits per heavy atom. The summed E-state index contributed by atoms with van der Waals surface area (Å²) in [5.74, 6) is 1.85.